The van der Waals surface area contributed by atoms with Crippen LogP contribution in [0.3, 0.4) is 0 Å². The monoisotopic (exact) mass is 473 g/mol. The summed E-state index contributed by atoms with van der Waals surface area (Å²) >= 11 is 0. The summed E-state index contributed by atoms with van der Waals surface area (Å²) in [6.45, 7) is 3.37. The van der Waals surface area contributed by atoms with Gasteiger partial charge in [0.25, 0.3) is 11.8 Å². The SMILES string of the molecule is CCCNC(=O)c1ccccc1NC(=O)c1ccc(OC)c(S(=O)(=O)N2CCCCCC2)c1. The average molecular weight is 474 g/mol. The van der Waals surface area contributed by atoms with Gasteiger partial charge in [0, 0.05) is 25.2 Å². The Balaban J connectivity index is 1.89. The van der Waals surface area contributed by atoms with Crippen molar-refractivity contribution in [3.63, 3.8) is 0 Å². The molecule has 1 aliphatic rings. The minimum Gasteiger partial charge on any atom is -0.495 e. The molecule has 33 heavy (non-hydrogen) atoms. The lowest BCUT2D eigenvalue weighted by Gasteiger charge is -2.21. The summed E-state index contributed by atoms with van der Waals surface area (Å²) in [5.41, 5.74) is 0.849. The molecular weight excluding hydrogens is 442 g/mol. The van der Waals surface area contributed by atoms with E-state index in [1.54, 1.807) is 24.3 Å². The second kappa shape index (κ2) is 11.3. The van der Waals surface area contributed by atoms with Crippen LogP contribution in [0.15, 0.2) is 47.4 Å². The molecule has 1 fully saturated rings. The van der Waals surface area contributed by atoms with Crippen LogP contribution in [0.4, 0.5) is 5.69 Å². The van der Waals surface area contributed by atoms with E-state index in [0.29, 0.717) is 30.9 Å². The number of hydrogen-bond acceptors (Lipinski definition) is 5. The fraction of sp³-hybridized carbons (Fsp3) is 0.417. The van der Waals surface area contributed by atoms with Crippen molar-refractivity contribution < 1.29 is 22.7 Å². The van der Waals surface area contributed by atoms with Gasteiger partial charge in [0.15, 0.2) is 0 Å². The molecule has 1 aliphatic heterocycles. The molecule has 0 bridgehead atoms. The van der Waals surface area contributed by atoms with E-state index in [0.717, 1.165) is 32.1 Å². The molecule has 0 aliphatic carbocycles. The highest BCUT2D eigenvalue weighted by atomic mass is 32.2. The number of ether oxygens (including phenoxy) is 1. The van der Waals surface area contributed by atoms with E-state index < -0.39 is 15.9 Å². The van der Waals surface area contributed by atoms with Gasteiger partial charge in [-0.05, 0) is 49.6 Å². The van der Waals surface area contributed by atoms with Crippen LogP contribution >= 0.6 is 0 Å². The summed E-state index contributed by atoms with van der Waals surface area (Å²) in [5, 5.41) is 5.54. The van der Waals surface area contributed by atoms with Gasteiger partial charge in [-0.3, -0.25) is 9.59 Å². The Labute approximate surface area is 195 Å². The smallest absolute Gasteiger partial charge is 0.255 e. The third-order valence-corrected chi connectivity index (χ3v) is 7.48. The molecule has 2 N–H and O–H groups in total. The Kier molecular flexibility index (Phi) is 8.46. The molecular formula is C24H31N3O5S. The molecule has 0 radical (unpaired) electrons. The standard InChI is InChI=1S/C24H31N3O5S/c1-3-14-25-24(29)19-10-6-7-11-20(19)26-23(28)18-12-13-21(32-2)22(17-18)33(30,31)27-15-8-4-5-9-16-27/h6-7,10-13,17H,3-5,8-9,14-16H2,1-2H3,(H,25,29)(H,26,28). The predicted molar refractivity (Wildman–Crippen MR) is 127 cm³/mol. The number of nitrogens with zero attached hydrogens (tertiary/aromatic N) is 1. The number of amides is 2. The molecule has 3 rings (SSSR count). The molecule has 1 heterocycles. The number of rotatable bonds is 8. The Hall–Kier alpha value is -2.91. The molecule has 2 aromatic rings. The van der Waals surface area contributed by atoms with E-state index in [4.69, 9.17) is 4.74 Å². The van der Waals surface area contributed by atoms with Gasteiger partial charge in [-0.15, -0.1) is 0 Å². The summed E-state index contributed by atoms with van der Waals surface area (Å²) < 4.78 is 33.5. The second-order valence-corrected chi connectivity index (χ2v) is 9.85. The maximum atomic E-state index is 13.4. The van der Waals surface area contributed by atoms with E-state index >= 15 is 0 Å². The third kappa shape index (κ3) is 5.91. The van der Waals surface area contributed by atoms with Crippen LogP contribution in [0.1, 0.15) is 59.7 Å². The zero-order valence-electron chi connectivity index (χ0n) is 19.1. The highest BCUT2D eigenvalue weighted by molar-refractivity contribution is 7.89. The van der Waals surface area contributed by atoms with Crippen molar-refractivity contribution >= 4 is 27.5 Å². The normalized spacial score (nSPS) is 14.8. The van der Waals surface area contributed by atoms with E-state index in [-0.39, 0.29) is 22.1 Å². The molecule has 0 saturated carbocycles. The average Bonchev–Trinajstić information content (AvgIpc) is 3.12. The van der Waals surface area contributed by atoms with Crippen LogP contribution in [0.2, 0.25) is 0 Å². The first-order valence-electron chi connectivity index (χ1n) is 11.2. The maximum absolute atomic E-state index is 13.4. The van der Waals surface area contributed by atoms with E-state index in [2.05, 4.69) is 10.6 Å². The molecule has 9 heteroatoms. The largest absolute Gasteiger partial charge is 0.495 e. The Morgan fingerprint density at radius 2 is 1.70 bits per heavy atom. The minimum absolute atomic E-state index is 0.0338. The van der Waals surface area contributed by atoms with Gasteiger partial charge in [-0.1, -0.05) is 31.9 Å². The van der Waals surface area contributed by atoms with Crippen LogP contribution in [0, 0.1) is 0 Å². The predicted octanol–water partition coefficient (Wildman–Crippen LogP) is 3.65. The minimum atomic E-state index is -3.82. The number of carbonyl (C=O) groups excluding carboxylic acids is 2. The van der Waals surface area contributed by atoms with Crippen molar-refractivity contribution in [2.45, 2.75) is 43.9 Å². The summed E-state index contributed by atoms with van der Waals surface area (Å²) in [4.78, 5) is 25.4. The molecule has 2 aromatic carbocycles. The second-order valence-electron chi connectivity index (χ2n) is 7.94. The fourth-order valence-corrected chi connectivity index (χ4v) is 5.46. The lowest BCUT2D eigenvalue weighted by molar-refractivity contribution is 0.0954. The lowest BCUT2D eigenvalue weighted by atomic mass is 10.1. The van der Waals surface area contributed by atoms with Crippen molar-refractivity contribution in [3.8, 4) is 5.75 Å². The number of anilines is 1. The van der Waals surface area contributed by atoms with Gasteiger partial charge in [-0.25, -0.2) is 8.42 Å². The zero-order valence-corrected chi connectivity index (χ0v) is 19.9. The van der Waals surface area contributed by atoms with Crippen molar-refractivity contribution in [1.82, 2.24) is 9.62 Å². The summed E-state index contributed by atoms with van der Waals surface area (Å²) in [5.74, 6) is -0.609. The topological polar surface area (TPSA) is 105 Å². The molecule has 2 amide bonds. The van der Waals surface area contributed by atoms with E-state index in [1.165, 1.54) is 29.6 Å². The van der Waals surface area contributed by atoms with Gasteiger partial charge in [0.1, 0.15) is 10.6 Å². The number of sulfonamides is 1. The molecule has 8 nitrogen and oxygen atoms in total. The van der Waals surface area contributed by atoms with Crippen LogP contribution in [-0.2, 0) is 10.0 Å². The summed E-state index contributed by atoms with van der Waals surface area (Å²) in [7, 11) is -2.42. The van der Waals surface area contributed by atoms with Crippen molar-refractivity contribution in [2.24, 2.45) is 0 Å². The Morgan fingerprint density at radius 1 is 1.00 bits per heavy atom. The zero-order chi connectivity index (χ0) is 23.8. The third-order valence-electron chi connectivity index (χ3n) is 5.56. The van der Waals surface area contributed by atoms with Crippen LogP contribution < -0.4 is 15.4 Å². The fourth-order valence-electron chi connectivity index (χ4n) is 3.76. The number of hydrogen-bond donors (Lipinski definition) is 2. The first-order valence-corrected chi connectivity index (χ1v) is 12.7. The molecule has 0 spiro atoms. The molecule has 1 saturated heterocycles. The quantitative estimate of drug-likeness (QED) is 0.609. The first-order chi connectivity index (χ1) is 15.9. The van der Waals surface area contributed by atoms with E-state index in [9.17, 15) is 18.0 Å². The van der Waals surface area contributed by atoms with Crippen molar-refractivity contribution in [1.29, 1.82) is 0 Å². The van der Waals surface area contributed by atoms with Gasteiger partial charge in [-0.2, -0.15) is 4.31 Å². The van der Waals surface area contributed by atoms with Crippen molar-refractivity contribution in [3.05, 3.63) is 53.6 Å². The van der Waals surface area contributed by atoms with Crippen LogP contribution in [0.25, 0.3) is 0 Å². The Morgan fingerprint density at radius 3 is 2.36 bits per heavy atom. The number of methoxy groups -OCH3 is 1. The van der Waals surface area contributed by atoms with Gasteiger partial charge in [0.05, 0.1) is 18.4 Å². The number of carbonyl (C=O) groups is 2. The number of nitrogens with one attached hydrogen (secondary N) is 2. The van der Waals surface area contributed by atoms with Gasteiger partial charge >= 0.3 is 0 Å². The first kappa shape index (κ1) is 24.7. The van der Waals surface area contributed by atoms with Crippen LogP contribution in [-0.4, -0.2) is 51.3 Å². The maximum Gasteiger partial charge on any atom is 0.255 e. The van der Waals surface area contributed by atoms with Gasteiger partial charge < -0.3 is 15.4 Å². The van der Waals surface area contributed by atoms with Gasteiger partial charge in [0.2, 0.25) is 10.0 Å². The molecule has 0 unspecified atom stereocenters. The summed E-state index contributed by atoms with van der Waals surface area (Å²) in [6, 6.07) is 11.0. The molecule has 178 valence electrons. The Bertz CT molecular complexity index is 1090. The lowest BCUT2D eigenvalue weighted by Crippen LogP contribution is -2.32. The van der Waals surface area contributed by atoms with E-state index in [1.807, 2.05) is 6.92 Å². The molecule has 0 atom stereocenters. The summed E-state index contributed by atoms with van der Waals surface area (Å²) in [6.07, 6.45) is 4.39. The highest BCUT2D eigenvalue weighted by Gasteiger charge is 2.29. The van der Waals surface area contributed by atoms with Crippen molar-refractivity contribution in [2.75, 3.05) is 32.1 Å². The molecule has 0 aromatic heterocycles. The number of benzene rings is 2. The highest BCUT2D eigenvalue weighted by Crippen LogP contribution is 2.30. The van der Waals surface area contributed by atoms with Crippen LogP contribution in [0.5, 0.6) is 5.75 Å². The number of para-hydroxylation sites is 1.